The number of rotatable bonds is 6. The third-order valence-electron chi connectivity index (χ3n) is 3.19. The Balaban J connectivity index is 0.00000264. The summed E-state index contributed by atoms with van der Waals surface area (Å²) in [5, 5.41) is 6.04. The summed E-state index contributed by atoms with van der Waals surface area (Å²) >= 11 is 0. The number of halogens is 2. The largest absolute Gasteiger partial charge is 0.367 e. The van der Waals surface area contributed by atoms with Crippen LogP contribution in [0.4, 0.5) is 5.82 Å². The molecule has 0 bridgehead atoms. The minimum Gasteiger partial charge on any atom is -0.367 e. The molecule has 1 atom stereocenters. The number of carbonyl (C=O) groups excluding carboxylic acids is 1. The number of benzene rings is 1. The highest BCUT2D eigenvalue weighted by Gasteiger charge is 2.14. The van der Waals surface area contributed by atoms with Crippen LogP contribution in [-0.4, -0.2) is 23.5 Å². The predicted octanol–water partition coefficient (Wildman–Crippen LogP) is 3.18. The fraction of sp³-hybridized carbons (Fsp3) is 0.294. The van der Waals surface area contributed by atoms with Gasteiger partial charge in [-0.2, -0.15) is 0 Å². The predicted molar refractivity (Wildman–Crippen MR) is 103 cm³/mol. The van der Waals surface area contributed by atoms with Crippen molar-refractivity contribution >= 4 is 36.5 Å². The lowest BCUT2D eigenvalue weighted by atomic mass is 10.1. The van der Waals surface area contributed by atoms with Crippen molar-refractivity contribution in [1.29, 1.82) is 0 Å². The molecule has 0 saturated carbocycles. The van der Waals surface area contributed by atoms with Crippen molar-refractivity contribution in [3.05, 3.63) is 59.8 Å². The van der Waals surface area contributed by atoms with E-state index < -0.39 is 0 Å². The maximum Gasteiger partial charge on any atom is 0.255 e. The molecule has 0 fully saturated rings. The number of anilines is 1. The van der Waals surface area contributed by atoms with E-state index in [1.54, 1.807) is 18.3 Å². The molecule has 0 radical (unpaired) electrons. The summed E-state index contributed by atoms with van der Waals surface area (Å²) in [5.41, 5.74) is 7.61. The summed E-state index contributed by atoms with van der Waals surface area (Å²) in [6.07, 6.45) is 1.66. The second-order valence-electron chi connectivity index (χ2n) is 5.43. The second-order valence-corrected chi connectivity index (χ2v) is 5.43. The lowest BCUT2D eigenvalue weighted by molar-refractivity contribution is 0.0951. The van der Waals surface area contributed by atoms with Crippen molar-refractivity contribution in [2.75, 3.05) is 11.9 Å². The molecule has 0 aliphatic rings. The summed E-state index contributed by atoms with van der Waals surface area (Å²) in [6, 6.07) is 13.2. The molecule has 0 aliphatic heterocycles. The standard InChI is InChI=1S/C17H22N4O.2ClH/c1-12(2)21-16-14(9-6-10-19-16)17(22)20-11-15(18)13-7-4-3-5-8-13;;/h3-10,12,15H,11,18H2,1-2H3,(H,19,21)(H,20,22);2*1H. The van der Waals surface area contributed by atoms with Gasteiger partial charge < -0.3 is 16.4 Å². The smallest absolute Gasteiger partial charge is 0.255 e. The topological polar surface area (TPSA) is 80.0 Å². The van der Waals surface area contributed by atoms with Crippen LogP contribution >= 0.6 is 24.8 Å². The number of nitrogens with one attached hydrogen (secondary N) is 2. The van der Waals surface area contributed by atoms with Gasteiger partial charge in [0.25, 0.3) is 5.91 Å². The van der Waals surface area contributed by atoms with E-state index in [1.807, 2.05) is 44.2 Å². The average molecular weight is 371 g/mol. The number of hydrogen-bond donors (Lipinski definition) is 3. The molecular formula is C17H24Cl2N4O. The van der Waals surface area contributed by atoms with Gasteiger partial charge in [0.15, 0.2) is 0 Å². The Hall–Kier alpha value is -1.82. The van der Waals surface area contributed by atoms with Gasteiger partial charge in [-0.15, -0.1) is 24.8 Å². The second kappa shape index (κ2) is 10.9. The van der Waals surface area contributed by atoms with Crippen LogP contribution in [0.5, 0.6) is 0 Å². The minimum absolute atomic E-state index is 0. The van der Waals surface area contributed by atoms with Crippen molar-refractivity contribution in [3.63, 3.8) is 0 Å². The van der Waals surface area contributed by atoms with Gasteiger partial charge in [-0.1, -0.05) is 30.3 Å². The van der Waals surface area contributed by atoms with Crippen LogP contribution in [0.1, 0.15) is 35.8 Å². The van der Waals surface area contributed by atoms with Crippen molar-refractivity contribution in [2.24, 2.45) is 5.73 Å². The summed E-state index contributed by atoms with van der Waals surface area (Å²) in [5.74, 6) is 0.408. The van der Waals surface area contributed by atoms with Gasteiger partial charge in [0.05, 0.1) is 5.56 Å². The zero-order chi connectivity index (χ0) is 15.9. The Morgan fingerprint density at radius 2 is 1.79 bits per heavy atom. The molecule has 7 heteroatoms. The third-order valence-corrected chi connectivity index (χ3v) is 3.19. The quantitative estimate of drug-likeness (QED) is 0.729. The van der Waals surface area contributed by atoms with Crippen LogP contribution in [-0.2, 0) is 0 Å². The Bertz CT molecular complexity index is 623. The van der Waals surface area contributed by atoms with E-state index in [9.17, 15) is 4.79 Å². The van der Waals surface area contributed by atoms with E-state index in [2.05, 4.69) is 15.6 Å². The van der Waals surface area contributed by atoms with Crippen molar-refractivity contribution in [2.45, 2.75) is 25.9 Å². The van der Waals surface area contributed by atoms with Crippen LogP contribution in [0.25, 0.3) is 0 Å². The van der Waals surface area contributed by atoms with Crippen LogP contribution in [0.15, 0.2) is 48.7 Å². The van der Waals surface area contributed by atoms with E-state index in [0.717, 1.165) is 5.56 Å². The maximum absolute atomic E-state index is 12.3. The fourth-order valence-electron chi connectivity index (χ4n) is 2.09. The number of nitrogens with two attached hydrogens (primary N) is 1. The molecule has 5 nitrogen and oxygen atoms in total. The van der Waals surface area contributed by atoms with Crippen LogP contribution in [0.2, 0.25) is 0 Å². The van der Waals surface area contributed by atoms with E-state index >= 15 is 0 Å². The first-order valence-electron chi connectivity index (χ1n) is 7.38. The highest BCUT2D eigenvalue weighted by Crippen LogP contribution is 2.13. The third kappa shape index (κ3) is 6.35. The van der Waals surface area contributed by atoms with Crippen molar-refractivity contribution < 1.29 is 4.79 Å². The number of pyridine rings is 1. The molecule has 0 aliphatic carbocycles. The molecule has 1 heterocycles. The van der Waals surface area contributed by atoms with E-state index in [1.165, 1.54) is 0 Å². The van der Waals surface area contributed by atoms with Gasteiger partial charge in [-0.05, 0) is 31.5 Å². The molecule has 2 aromatic rings. The molecule has 0 saturated heterocycles. The zero-order valence-corrected chi connectivity index (χ0v) is 15.4. The first-order chi connectivity index (χ1) is 10.6. The molecule has 1 amide bonds. The molecule has 4 N–H and O–H groups in total. The fourth-order valence-corrected chi connectivity index (χ4v) is 2.09. The summed E-state index contributed by atoms with van der Waals surface area (Å²) in [7, 11) is 0. The zero-order valence-electron chi connectivity index (χ0n) is 13.7. The summed E-state index contributed by atoms with van der Waals surface area (Å²) in [4.78, 5) is 16.6. The van der Waals surface area contributed by atoms with E-state index in [4.69, 9.17) is 5.73 Å². The first-order valence-corrected chi connectivity index (χ1v) is 7.38. The van der Waals surface area contributed by atoms with Crippen LogP contribution < -0.4 is 16.4 Å². The lowest BCUT2D eigenvalue weighted by Gasteiger charge is -2.15. The molecular weight excluding hydrogens is 347 g/mol. The van der Waals surface area contributed by atoms with Crippen LogP contribution in [0.3, 0.4) is 0 Å². The minimum atomic E-state index is -0.233. The normalized spacial score (nSPS) is 11.0. The maximum atomic E-state index is 12.3. The lowest BCUT2D eigenvalue weighted by Crippen LogP contribution is -2.32. The Kier molecular flexibility index (Phi) is 10.0. The SMILES string of the molecule is CC(C)Nc1ncccc1C(=O)NCC(N)c1ccccc1.Cl.Cl. The molecule has 1 aromatic heterocycles. The Morgan fingerprint density at radius 1 is 1.12 bits per heavy atom. The molecule has 0 spiro atoms. The number of nitrogens with zero attached hydrogens (tertiary/aromatic N) is 1. The Labute approximate surface area is 155 Å². The number of amides is 1. The Morgan fingerprint density at radius 3 is 2.42 bits per heavy atom. The number of aromatic nitrogens is 1. The summed E-state index contributed by atoms with van der Waals surface area (Å²) < 4.78 is 0. The molecule has 132 valence electrons. The monoisotopic (exact) mass is 370 g/mol. The van der Waals surface area contributed by atoms with Gasteiger partial charge in [0.2, 0.25) is 0 Å². The first kappa shape index (κ1) is 22.2. The number of hydrogen-bond acceptors (Lipinski definition) is 4. The molecule has 1 unspecified atom stereocenters. The van der Waals surface area contributed by atoms with Gasteiger partial charge >= 0.3 is 0 Å². The van der Waals surface area contributed by atoms with E-state index in [0.29, 0.717) is 17.9 Å². The van der Waals surface area contributed by atoms with Gasteiger partial charge in [-0.3, -0.25) is 4.79 Å². The van der Waals surface area contributed by atoms with E-state index in [-0.39, 0.29) is 42.8 Å². The van der Waals surface area contributed by atoms with Gasteiger partial charge in [-0.25, -0.2) is 4.98 Å². The molecule has 24 heavy (non-hydrogen) atoms. The highest BCUT2D eigenvalue weighted by molar-refractivity contribution is 5.98. The molecule has 1 aromatic carbocycles. The van der Waals surface area contributed by atoms with Crippen molar-refractivity contribution in [1.82, 2.24) is 10.3 Å². The number of carbonyl (C=O) groups is 1. The summed E-state index contributed by atoms with van der Waals surface area (Å²) in [6.45, 7) is 4.38. The van der Waals surface area contributed by atoms with Crippen molar-refractivity contribution in [3.8, 4) is 0 Å². The molecule has 2 rings (SSSR count). The van der Waals surface area contributed by atoms with Gasteiger partial charge in [0, 0.05) is 24.8 Å². The van der Waals surface area contributed by atoms with Crippen LogP contribution in [0, 0.1) is 0 Å². The average Bonchev–Trinajstić information content (AvgIpc) is 2.53. The van der Waals surface area contributed by atoms with Gasteiger partial charge in [0.1, 0.15) is 5.82 Å². The highest BCUT2D eigenvalue weighted by atomic mass is 35.5.